The number of Topliss-reactive ketones (excluding diaryl/α,β-unsaturated/α-hetero) is 1. The zero-order valence-corrected chi connectivity index (χ0v) is 15.1. The molecule has 1 aromatic carbocycles. The molecule has 2 aromatic heterocycles. The van der Waals surface area contributed by atoms with Gasteiger partial charge in [-0.05, 0) is 23.8 Å². The molecule has 26 heavy (non-hydrogen) atoms. The Morgan fingerprint density at radius 3 is 2.77 bits per heavy atom. The first kappa shape index (κ1) is 16.8. The highest BCUT2D eigenvalue weighted by Gasteiger charge is 2.39. The van der Waals surface area contributed by atoms with Crippen LogP contribution >= 0.6 is 22.9 Å². The van der Waals surface area contributed by atoms with Gasteiger partial charge in [-0.25, -0.2) is 4.79 Å². The van der Waals surface area contributed by atoms with Crippen LogP contribution in [0.4, 0.5) is 4.79 Å². The molecule has 3 heterocycles. The Balaban J connectivity index is 1.49. The van der Waals surface area contributed by atoms with Crippen LogP contribution in [0.15, 0.2) is 42.6 Å². The maximum atomic E-state index is 12.6. The first-order chi connectivity index (χ1) is 12.5. The van der Waals surface area contributed by atoms with Gasteiger partial charge in [0.2, 0.25) is 0 Å². The third kappa shape index (κ3) is 3.00. The number of thiophene rings is 1. The number of H-pyrrole nitrogens is 1. The van der Waals surface area contributed by atoms with E-state index in [-0.39, 0.29) is 12.3 Å². The van der Waals surface area contributed by atoms with Gasteiger partial charge in [-0.15, -0.1) is 11.3 Å². The van der Waals surface area contributed by atoms with E-state index in [0.717, 1.165) is 32.7 Å². The maximum absolute atomic E-state index is 12.6. The van der Waals surface area contributed by atoms with Crippen LogP contribution in [0.3, 0.4) is 0 Å². The molecule has 0 radical (unpaired) electrons. The minimum Gasteiger partial charge on any atom is -0.361 e. The van der Waals surface area contributed by atoms with Crippen molar-refractivity contribution in [2.24, 2.45) is 0 Å². The molecule has 2 N–H and O–H groups in total. The van der Waals surface area contributed by atoms with Gasteiger partial charge in [0, 0.05) is 23.5 Å². The van der Waals surface area contributed by atoms with E-state index in [9.17, 15) is 14.4 Å². The van der Waals surface area contributed by atoms with Crippen molar-refractivity contribution < 1.29 is 14.4 Å². The molecule has 3 aromatic rings. The molecule has 0 saturated carbocycles. The van der Waals surface area contributed by atoms with E-state index in [1.165, 1.54) is 0 Å². The number of nitrogens with one attached hydrogen (secondary N) is 2. The molecule has 1 aliphatic rings. The summed E-state index contributed by atoms with van der Waals surface area (Å²) >= 11 is 6.96. The fourth-order valence-electron chi connectivity index (χ4n) is 3.07. The molecular formula is C18H14ClN3O3S. The summed E-state index contributed by atoms with van der Waals surface area (Å²) in [6, 6.07) is 9.75. The topological polar surface area (TPSA) is 82.3 Å². The van der Waals surface area contributed by atoms with Crippen molar-refractivity contribution in [1.29, 1.82) is 0 Å². The number of imide groups is 1. The van der Waals surface area contributed by atoms with Gasteiger partial charge < -0.3 is 10.3 Å². The van der Waals surface area contributed by atoms with E-state index in [1.807, 2.05) is 30.5 Å². The highest BCUT2D eigenvalue weighted by molar-refractivity contribution is 7.18. The predicted octanol–water partition coefficient (Wildman–Crippen LogP) is 3.23. The molecule has 1 atom stereocenters. The summed E-state index contributed by atoms with van der Waals surface area (Å²) in [4.78, 5) is 41.6. The fraction of sp³-hybridized carbons (Fsp3) is 0.167. The number of benzene rings is 1. The lowest BCUT2D eigenvalue weighted by Gasteiger charge is -2.11. The summed E-state index contributed by atoms with van der Waals surface area (Å²) in [6.45, 7) is -0.286. The number of aromatic nitrogens is 1. The number of halogens is 1. The van der Waals surface area contributed by atoms with Crippen LogP contribution in [0.25, 0.3) is 10.9 Å². The predicted molar refractivity (Wildman–Crippen MR) is 99.7 cm³/mol. The van der Waals surface area contributed by atoms with Crippen LogP contribution in [-0.2, 0) is 11.2 Å². The van der Waals surface area contributed by atoms with E-state index < -0.39 is 18.0 Å². The lowest BCUT2D eigenvalue weighted by Crippen LogP contribution is -2.36. The molecule has 0 aliphatic carbocycles. The van der Waals surface area contributed by atoms with E-state index in [4.69, 9.17) is 11.6 Å². The Morgan fingerprint density at radius 1 is 1.19 bits per heavy atom. The molecule has 132 valence electrons. The Morgan fingerprint density at radius 2 is 2.00 bits per heavy atom. The summed E-state index contributed by atoms with van der Waals surface area (Å²) in [5.41, 5.74) is 1.92. The first-order valence-corrected chi connectivity index (χ1v) is 9.18. The smallest absolute Gasteiger partial charge is 0.325 e. The van der Waals surface area contributed by atoms with E-state index in [0.29, 0.717) is 15.6 Å². The van der Waals surface area contributed by atoms with Crippen molar-refractivity contribution >= 4 is 51.6 Å². The van der Waals surface area contributed by atoms with Gasteiger partial charge in [0.1, 0.15) is 6.04 Å². The summed E-state index contributed by atoms with van der Waals surface area (Å²) in [5.74, 6) is -0.700. The molecule has 0 spiro atoms. The standard InChI is InChI=1S/C18H14ClN3O3S/c19-16-6-5-15(26-16)14(23)9-22-17(24)13(21-18(22)25)7-10-8-20-12-4-2-1-3-11(10)12/h1-6,8,13,20H,7,9H2,(H,21,25)/t13-/m1/s1. The largest absolute Gasteiger partial charge is 0.361 e. The third-order valence-corrected chi connectivity index (χ3v) is 5.63. The van der Waals surface area contributed by atoms with E-state index in [2.05, 4.69) is 10.3 Å². The average Bonchev–Trinajstić information content (AvgIpc) is 3.30. The van der Waals surface area contributed by atoms with Crippen LogP contribution in [0.2, 0.25) is 4.34 Å². The van der Waals surface area contributed by atoms with E-state index >= 15 is 0 Å². The van der Waals surface area contributed by atoms with Crippen molar-refractivity contribution in [2.45, 2.75) is 12.5 Å². The summed E-state index contributed by atoms with van der Waals surface area (Å²) in [6.07, 6.45) is 2.20. The number of hydrogen-bond acceptors (Lipinski definition) is 4. The fourth-order valence-corrected chi connectivity index (χ4v) is 4.04. The van der Waals surface area contributed by atoms with E-state index in [1.54, 1.807) is 12.1 Å². The number of carbonyl (C=O) groups excluding carboxylic acids is 3. The van der Waals surface area contributed by atoms with Crippen molar-refractivity contribution in [3.8, 4) is 0 Å². The number of ketones is 1. The second-order valence-corrected chi connectivity index (χ2v) is 7.73. The van der Waals surface area contributed by atoms with Gasteiger partial charge in [0.15, 0.2) is 5.78 Å². The minimum absolute atomic E-state index is 0.286. The van der Waals surface area contributed by atoms with Gasteiger partial charge >= 0.3 is 6.03 Å². The lowest BCUT2D eigenvalue weighted by molar-refractivity contribution is -0.127. The molecular weight excluding hydrogens is 374 g/mol. The van der Waals surface area contributed by atoms with Gasteiger partial charge in [0.05, 0.1) is 15.8 Å². The number of para-hydroxylation sites is 1. The Bertz CT molecular complexity index is 1030. The monoisotopic (exact) mass is 387 g/mol. The average molecular weight is 388 g/mol. The summed E-state index contributed by atoms with van der Waals surface area (Å²) in [5, 5.41) is 3.68. The van der Waals surface area contributed by atoms with Crippen LogP contribution in [0, 0.1) is 0 Å². The molecule has 0 unspecified atom stereocenters. The zero-order valence-electron chi connectivity index (χ0n) is 13.5. The van der Waals surface area contributed by atoms with Crippen molar-refractivity contribution in [2.75, 3.05) is 6.54 Å². The van der Waals surface area contributed by atoms with Crippen LogP contribution in [-0.4, -0.2) is 40.2 Å². The SMILES string of the molecule is O=C(CN1C(=O)N[C@H](Cc2c[nH]c3ccccc23)C1=O)c1ccc(Cl)s1. The molecule has 1 saturated heterocycles. The molecule has 1 aliphatic heterocycles. The molecule has 6 nitrogen and oxygen atoms in total. The summed E-state index contributed by atoms with van der Waals surface area (Å²) in [7, 11) is 0. The molecule has 8 heteroatoms. The van der Waals surface area contributed by atoms with Gasteiger partial charge in [-0.2, -0.15) is 0 Å². The van der Waals surface area contributed by atoms with Crippen LogP contribution in [0.5, 0.6) is 0 Å². The molecule has 3 amide bonds. The van der Waals surface area contributed by atoms with Crippen LogP contribution < -0.4 is 5.32 Å². The van der Waals surface area contributed by atoms with Crippen molar-refractivity contribution in [3.05, 3.63) is 57.4 Å². The van der Waals surface area contributed by atoms with Gasteiger partial charge in [0.25, 0.3) is 5.91 Å². The highest BCUT2D eigenvalue weighted by atomic mass is 35.5. The number of urea groups is 1. The number of amides is 3. The minimum atomic E-state index is -0.679. The third-order valence-electron chi connectivity index (χ3n) is 4.36. The van der Waals surface area contributed by atoms with Crippen LogP contribution in [0.1, 0.15) is 15.2 Å². The highest BCUT2D eigenvalue weighted by Crippen LogP contribution is 2.24. The second-order valence-electron chi connectivity index (χ2n) is 6.02. The number of rotatable bonds is 5. The Hall–Kier alpha value is -2.64. The number of hydrogen-bond donors (Lipinski definition) is 2. The number of fused-ring (bicyclic) bond motifs is 1. The molecule has 4 rings (SSSR count). The first-order valence-electron chi connectivity index (χ1n) is 7.98. The maximum Gasteiger partial charge on any atom is 0.325 e. The molecule has 1 fully saturated rings. The number of carbonyl (C=O) groups is 3. The second kappa shape index (κ2) is 6.59. The lowest BCUT2D eigenvalue weighted by atomic mass is 10.1. The van der Waals surface area contributed by atoms with Crippen molar-refractivity contribution in [3.63, 3.8) is 0 Å². The van der Waals surface area contributed by atoms with Gasteiger partial charge in [-0.3, -0.25) is 14.5 Å². The van der Waals surface area contributed by atoms with Gasteiger partial charge in [-0.1, -0.05) is 29.8 Å². The Labute approximate surface area is 157 Å². The Kier molecular flexibility index (Phi) is 4.26. The zero-order chi connectivity index (χ0) is 18.3. The quantitative estimate of drug-likeness (QED) is 0.521. The normalized spacial score (nSPS) is 17.1. The van der Waals surface area contributed by atoms with Crippen molar-refractivity contribution in [1.82, 2.24) is 15.2 Å². The number of nitrogens with zero attached hydrogens (tertiary/aromatic N) is 1. The molecule has 0 bridgehead atoms. The summed E-state index contributed by atoms with van der Waals surface area (Å²) < 4.78 is 0.489. The number of aromatic amines is 1.